The van der Waals surface area contributed by atoms with Crippen LogP contribution in [0.5, 0.6) is 5.75 Å². The Kier molecular flexibility index (Phi) is 3.11. The monoisotopic (exact) mass is 296 g/mol. The molecule has 2 N–H and O–H groups in total. The maximum absolute atomic E-state index is 5.53. The van der Waals surface area contributed by atoms with E-state index >= 15 is 0 Å². The number of ether oxygens (including phenoxy) is 1. The fraction of sp³-hybridized carbons (Fsp3) is 0.250. The summed E-state index contributed by atoms with van der Waals surface area (Å²) in [6, 6.07) is 3.68. The highest BCUT2D eigenvalue weighted by Gasteiger charge is 2.16. The molecule has 0 fully saturated rings. The molecule has 1 heterocycles. The maximum Gasteiger partial charge on any atom is 0.222 e. The molecule has 0 amide bonds. The summed E-state index contributed by atoms with van der Waals surface area (Å²) >= 11 is 3.53. The smallest absolute Gasteiger partial charge is 0.222 e. The predicted octanol–water partition coefficient (Wildman–Crippen LogP) is 3.31. The van der Waals surface area contributed by atoms with E-state index in [1.165, 1.54) is 0 Å². The lowest BCUT2D eigenvalue weighted by molar-refractivity contribution is 0.410. The molecule has 4 nitrogen and oxygen atoms in total. The van der Waals surface area contributed by atoms with E-state index < -0.39 is 0 Å². The van der Waals surface area contributed by atoms with Gasteiger partial charge in [0.1, 0.15) is 11.4 Å². The van der Waals surface area contributed by atoms with Crippen LogP contribution in [-0.4, -0.2) is 12.3 Å². The van der Waals surface area contributed by atoms with Gasteiger partial charge < -0.3 is 15.0 Å². The second-order valence-electron chi connectivity index (χ2n) is 3.83. The van der Waals surface area contributed by atoms with E-state index in [1.54, 1.807) is 13.2 Å². The van der Waals surface area contributed by atoms with E-state index in [-0.39, 0.29) is 0 Å². The molecular formula is C12H13BrN2O2. The molecule has 0 bridgehead atoms. The van der Waals surface area contributed by atoms with Crippen LogP contribution in [0.1, 0.15) is 11.1 Å². The average molecular weight is 297 g/mol. The van der Waals surface area contributed by atoms with Gasteiger partial charge in [-0.2, -0.15) is 0 Å². The minimum absolute atomic E-state index is 0.292. The van der Waals surface area contributed by atoms with Crippen molar-refractivity contribution in [1.82, 2.24) is 5.16 Å². The van der Waals surface area contributed by atoms with Gasteiger partial charge in [0.25, 0.3) is 0 Å². The van der Waals surface area contributed by atoms with Crippen molar-refractivity contribution in [3.8, 4) is 17.0 Å². The third-order valence-electron chi connectivity index (χ3n) is 2.63. The lowest BCUT2D eigenvalue weighted by atomic mass is 10.0. The van der Waals surface area contributed by atoms with Gasteiger partial charge in [-0.05, 0) is 25.5 Å². The molecule has 0 unspecified atom stereocenters. The van der Waals surface area contributed by atoms with E-state index in [9.17, 15) is 0 Å². The van der Waals surface area contributed by atoms with Crippen molar-refractivity contribution >= 4 is 21.8 Å². The zero-order valence-corrected chi connectivity index (χ0v) is 11.5. The summed E-state index contributed by atoms with van der Waals surface area (Å²) < 4.78 is 11.3. The van der Waals surface area contributed by atoms with Crippen LogP contribution in [0.2, 0.25) is 0 Å². The number of rotatable bonds is 2. The van der Waals surface area contributed by atoms with Gasteiger partial charge in [0.05, 0.1) is 7.11 Å². The number of benzene rings is 1. The minimum atomic E-state index is 0.292. The summed E-state index contributed by atoms with van der Waals surface area (Å²) in [5.74, 6) is 1.07. The standard InChI is InChI=1S/C12H13BrN2O2/c1-6-4-8(9-5-10(14)17-15-9)12(16-3)7(2)11(6)13/h4-5H,14H2,1-3H3. The van der Waals surface area contributed by atoms with E-state index in [4.69, 9.17) is 15.0 Å². The van der Waals surface area contributed by atoms with E-state index in [2.05, 4.69) is 21.1 Å². The molecule has 5 heteroatoms. The molecule has 0 aliphatic heterocycles. The summed E-state index contributed by atoms with van der Waals surface area (Å²) in [6.07, 6.45) is 0. The Bertz CT molecular complexity index is 564. The summed E-state index contributed by atoms with van der Waals surface area (Å²) in [5, 5.41) is 3.91. The Balaban J connectivity index is 2.69. The molecule has 0 saturated heterocycles. The zero-order chi connectivity index (χ0) is 12.6. The van der Waals surface area contributed by atoms with Gasteiger partial charge in [-0.1, -0.05) is 21.1 Å². The van der Waals surface area contributed by atoms with Crippen LogP contribution in [0.4, 0.5) is 5.88 Å². The third kappa shape index (κ3) is 2.02. The Labute approximate surface area is 108 Å². The molecule has 1 aromatic heterocycles. The maximum atomic E-state index is 5.53. The first kappa shape index (κ1) is 12.0. The van der Waals surface area contributed by atoms with Crippen molar-refractivity contribution < 1.29 is 9.26 Å². The van der Waals surface area contributed by atoms with Gasteiger partial charge in [-0.25, -0.2) is 0 Å². The Morgan fingerprint density at radius 2 is 2.06 bits per heavy atom. The van der Waals surface area contributed by atoms with Crippen LogP contribution in [0.25, 0.3) is 11.3 Å². The Hall–Kier alpha value is -1.49. The minimum Gasteiger partial charge on any atom is -0.496 e. The SMILES string of the molecule is COc1c(-c2cc(N)on2)cc(C)c(Br)c1C. The average Bonchev–Trinajstić information content (AvgIpc) is 2.72. The fourth-order valence-electron chi connectivity index (χ4n) is 1.81. The van der Waals surface area contributed by atoms with Crippen LogP contribution in [0, 0.1) is 13.8 Å². The number of methoxy groups -OCH3 is 1. The lowest BCUT2D eigenvalue weighted by Crippen LogP contribution is -1.94. The number of hydrogen-bond donors (Lipinski definition) is 1. The number of halogens is 1. The van der Waals surface area contributed by atoms with Gasteiger partial charge >= 0.3 is 0 Å². The van der Waals surface area contributed by atoms with Gasteiger partial charge in [0.15, 0.2) is 0 Å². The van der Waals surface area contributed by atoms with Gasteiger partial charge in [0, 0.05) is 21.7 Å². The van der Waals surface area contributed by atoms with Crippen molar-refractivity contribution in [2.45, 2.75) is 13.8 Å². The first-order chi connectivity index (χ1) is 8.04. The largest absolute Gasteiger partial charge is 0.496 e. The summed E-state index contributed by atoms with van der Waals surface area (Å²) in [5.41, 5.74) is 9.24. The zero-order valence-electron chi connectivity index (χ0n) is 9.87. The number of nitrogens with two attached hydrogens (primary N) is 1. The van der Waals surface area contributed by atoms with Crippen LogP contribution in [0.3, 0.4) is 0 Å². The van der Waals surface area contributed by atoms with Gasteiger partial charge in [-0.3, -0.25) is 0 Å². The van der Waals surface area contributed by atoms with Gasteiger partial charge in [-0.15, -0.1) is 0 Å². The normalized spacial score (nSPS) is 10.6. The van der Waals surface area contributed by atoms with Crippen LogP contribution >= 0.6 is 15.9 Å². The Morgan fingerprint density at radius 3 is 2.59 bits per heavy atom. The topological polar surface area (TPSA) is 61.3 Å². The number of aromatic nitrogens is 1. The second-order valence-corrected chi connectivity index (χ2v) is 4.62. The van der Waals surface area contributed by atoms with Crippen LogP contribution in [-0.2, 0) is 0 Å². The lowest BCUT2D eigenvalue weighted by Gasteiger charge is -2.13. The number of hydrogen-bond acceptors (Lipinski definition) is 4. The molecule has 2 rings (SSSR count). The highest BCUT2D eigenvalue weighted by molar-refractivity contribution is 9.10. The molecule has 0 spiro atoms. The number of aryl methyl sites for hydroxylation is 1. The molecule has 0 aliphatic carbocycles. The van der Waals surface area contributed by atoms with Gasteiger partial charge in [0.2, 0.25) is 5.88 Å². The van der Waals surface area contributed by atoms with E-state index in [0.29, 0.717) is 11.6 Å². The predicted molar refractivity (Wildman–Crippen MR) is 70.1 cm³/mol. The summed E-state index contributed by atoms with van der Waals surface area (Å²) in [7, 11) is 1.64. The van der Waals surface area contributed by atoms with Crippen LogP contribution < -0.4 is 10.5 Å². The summed E-state index contributed by atoms with van der Waals surface area (Å²) in [4.78, 5) is 0. The molecule has 0 radical (unpaired) electrons. The third-order valence-corrected chi connectivity index (χ3v) is 3.85. The van der Waals surface area contributed by atoms with Crippen LogP contribution in [0.15, 0.2) is 21.1 Å². The molecule has 2 aromatic rings. The first-order valence-corrected chi connectivity index (χ1v) is 5.90. The summed E-state index contributed by atoms with van der Waals surface area (Å²) in [6.45, 7) is 4.01. The molecule has 90 valence electrons. The molecular weight excluding hydrogens is 284 g/mol. The molecule has 0 saturated carbocycles. The van der Waals surface area contributed by atoms with Crippen molar-refractivity contribution in [3.63, 3.8) is 0 Å². The van der Waals surface area contributed by atoms with Crippen molar-refractivity contribution in [2.24, 2.45) is 0 Å². The number of nitrogens with zero attached hydrogens (tertiary/aromatic N) is 1. The number of anilines is 1. The molecule has 0 atom stereocenters. The van der Waals surface area contributed by atoms with Crippen molar-refractivity contribution in [1.29, 1.82) is 0 Å². The highest BCUT2D eigenvalue weighted by atomic mass is 79.9. The first-order valence-electron chi connectivity index (χ1n) is 5.11. The van der Waals surface area contributed by atoms with Crippen molar-refractivity contribution in [3.05, 3.63) is 27.7 Å². The Morgan fingerprint density at radius 1 is 1.35 bits per heavy atom. The second kappa shape index (κ2) is 4.41. The molecule has 0 aliphatic rings. The number of nitrogen functional groups attached to an aromatic ring is 1. The quantitative estimate of drug-likeness (QED) is 0.923. The molecule has 1 aromatic carbocycles. The highest BCUT2D eigenvalue weighted by Crippen LogP contribution is 2.38. The van der Waals surface area contributed by atoms with Crippen molar-refractivity contribution in [2.75, 3.05) is 12.8 Å². The fourth-order valence-corrected chi connectivity index (χ4v) is 2.11. The molecule has 17 heavy (non-hydrogen) atoms. The van der Waals surface area contributed by atoms with E-state index in [1.807, 2.05) is 19.9 Å². The van der Waals surface area contributed by atoms with E-state index in [0.717, 1.165) is 26.9 Å².